The van der Waals surface area contributed by atoms with Crippen LogP contribution in [0.5, 0.6) is 0 Å². The van der Waals surface area contributed by atoms with Gasteiger partial charge in [0.25, 0.3) is 5.78 Å². The molecule has 0 saturated carbocycles. The summed E-state index contributed by atoms with van der Waals surface area (Å²) in [5.41, 5.74) is 3.84. The van der Waals surface area contributed by atoms with Crippen molar-refractivity contribution in [2.24, 2.45) is 7.05 Å². The second-order valence-electron chi connectivity index (χ2n) is 7.17. The Labute approximate surface area is 161 Å². The molecule has 0 radical (unpaired) electrons. The number of aromatic nitrogens is 8. The first kappa shape index (κ1) is 16.8. The van der Waals surface area contributed by atoms with Crippen LogP contribution in [0.15, 0.2) is 19.0 Å². The van der Waals surface area contributed by atoms with Gasteiger partial charge in [0.05, 0.1) is 6.33 Å². The Morgan fingerprint density at radius 3 is 2.61 bits per heavy atom. The molecule has 0 unspecified atom stereocenters. The van der Waals surface area contributed by atoms with Gasteiger partial charge in [0.15, 0.2) is 11.5 Å². The number of anilines is 2. The number of fused-ring (bicyclic) bond motifs is 2. The third-order valence-electron chi connectivity index (χ3n) is 5.46. The zero-order chi connectivity index (χ0) is 19.3. The highest BCUT2D eigenvalue weighted by Crippen LogP contribution is 2.26. The maximum Gasteiger partial charge on any atom is 0.254 e. The van der Waals surface area contributed by atoms with Crippen LogP contribution in [0.1, 0.15) is 17.7 Å². The lowest BCUT2D eigenvalue weighted by molar-refractivity contribution is 0.761. The Morgan fingerprint density at radius 1 is 0.893 bits per heavy atom. The standard InChI is InChI=1S/C18H22N10/c1-12-13(2)24-18-21-10-23-28(18)17(12)27-6-4-5-26(7-8-27)16-14-15(19-9-20-16)22-11-25(14)3/h9-11H,4-8H2,1-3H3. The smallest absolute Gasteiger partial charge is 0.254 e. The van der Waals surface area contributed by atoms with Gasteiger partial charge in [-0.25, -0.2) is 19.9 Å². The highest BCUT2D eigenvalue weighted by Gasteiger charge is 2.23. The Morgan fingerprint density at radius 2 is 1.71 bits per heavy atom. The summed E-state index contributed by atoms with van der Waals surface area (Å²) in [6.45, 7) is 7.71. The minimum atomic E-state index is 0.645. The van der Waals surface area contributed by atoms with Crippen molar-refractivity contribution >= 4 is 28.6 Å². The fraction of sp³-hybridized carbons (Fsp3) is 0.444. The average molecular weight is 378 g/mol. The maximum atomic E-state index is 4.57. The van der Waals surface area contributed by atoms with E-state index in [0.29, 0.717) is 5.78 Å². The first-order chi connectivity index (χ1) is 13.6. The van der Waals surface area contributed by atoms with E-state index in [9.17, 15) is 0 Å². The molecule has 0 atom stereocenters. The molecular weight excluding hydrogens is 356 g/mol. The first-order valence-electron chi connectivity index (χ1n) is 9.42. The van der Waals surface area contributed by atoms with Crippen LogP contribution in [-0.4, -0.2) is 65.3 Å². The normalized spacial score (nSPS) is 15.5. The van der Waals surface area contributed by atoms with Gasteiger partial charge < -0.3 is 14.4 Å². The molecular formula is C18H22N10. The number of aryl methyl sites for hydroxylation is 2. The second kappa shape index (κ2) is 6.39. The van der Waals surface area contributed by atoms with E-state index in [-0.39, 0.29) is 0 Å². The minimum Gasteiger partial charge on any atom is -0.354 e. The van der Waals surface area contributed by atoms with E-state index in [2.05, 4.69) is 46.7 Å². The third kappa shape index (κ3) is 2.55. The van der Waals surface area contributed by atoms with Crippen molar-refractivity contribution in [1.29, 1.82) is 0 Å². The summed E-state index contributed by atoms with van der Waals surface area (Å²) < 4.78 is 3.84. The van der Waals surface area contributed by atoms with Crippen molar-refractivity contribution in [3.8, 4) is 0 Å². The molecule has 1 fully saturated rings. The van der Waals surface area contributed by atoms with Crippen LogP contribution in [0.3, 0.4) is 0 Å². The predicted molar refractivity (Wildman–Crippen MR) is 106 cm³/mol. The third-order valence-corrected chi connectivity index (χ3v) is 5.46. The molecule has 28 heavy (non-hydrogen) atoms. The molecule has 0 aliphatic carbocycles. The first-order valence-corrected chi connectivity index (χ1v) is 9.42. The van der Waals surface area contributed by atoms with Crippen molar-refractivity contribution in [1.82, 2.24) is 39.1 Å². The van der Waals surface area contributed by atoms with E-state index in [4.69, 9.17) is 0 Å². The van der Waals surface area contributed by atoms with Gasteiger partial charge in [0.1, 0.15) is 24.0 Å². The summed E-state index contributed by atoms with van der Waals surface area (Å²) >= 11 is 0. The molecule has 4 aromatic rings. The van der Waals surface area contributed by atoms with Crippen LogP contribution in [0.4, 0.5) is 11.6 Å². The number of rotatable bonds is 2. The SMILES string of the molecule is Cc1nc2ncnn2c(N2CCCN(c3ncnc4ncn(C)c34)CC2)c1C. The molecule has 5 rings (SSSR count). The molecule has 10 nitrogen and oxygen atoms in total. The van der Waals surface area contributed by atoms with E-state index in [1.54, 1.807) is 19.0 Å². The predicted octanol–water partition coefficient (Wildman–Crippen LogP) is 1.13. The Hall–Kier alpha value is -3.30. The van der Waals surface area contributed by atoms with Crippen molar-refractivity contribution in [2.75, 3.05) is 36.0 Å². The van der Waals surface area contributed by atoms with E-state index < -0.39 is 0 Å². The Bertz CT molecular complexity index is 1160. The van der Waals surface area contributed by atoms with Crippen molar-refractivity contribution in [3.05, 3.63) is 30.2 Å². The number of nitrogens with zero attached hydrogens (tertiary/aromatic N) is 10. The van der Waals surface area contributed by atoms with E-state index in [1.165, 1.54) is 0 Å². The minimum absolute atomic E-state index is 0.645. The highest BCUT2D eigenvalue weighted by atomic mass is 15.4. The van der Waals surface area contributed by atoms with Gasteiger partial charge in [-0.3, -0.25) is 0 Å². The van der Waals surface area contributed by atoms with Gasteiger partial charge in [0.2, 0.25) is 0 Å². The van der Waals surface area contributed by atoms with Crippen LogP contribution in [-0.2, 0) is 7.05 Å². The molecule has 0 amide bonds. The summed E-state index contributed by atoms with van der Waals surface area (Å²) in [7, 11) is 1.98. The van der Waals surface area contributed by atoms with Crippen molar-refractivity contribution < 1.29 is 0 Å². The molecule has 0 bridgehead atoms. The second-order valence-corrected chi connectivity index (χ2v) is 7.17. The molecule has 0 spiro atoms. The van der Waals surface area contributed by atoms with Gasteiger partial charge >= 0.3 is 0 Å². The Kier molecular flexibility index (Phi) is 3.85. The lowest BCUT2D eigenvalue weighted by Crippen LogP contribution is -2.33. The van der Waals surface area contributed by atoms with Crippen LogP contribution in [0.25, 0.3) is 16.9 Å². The van der Waals surface area contributed by atoms with Crippen LogP contribution < -0.4 is 9.80 Å². The molecule has 1 saturated heterocycles. The zero-order valence-corrected chi connectivity index (χ0v) is 16.2. The summed E-state index contributed by atoms with van der Waals surface area (Å²) in [4.78, 5) is 26.7. The summed E-state index contributed by atoms with van der Waals surface area (Å²) in [5, 5.41) is 4.40. The van der Waals surface area contributed by atoms with Crippen LogP contribution in [0.2, 0.25) is 0 Å². The van der Waals surface area contributed by atoms with Crippen molar-refractivity contribution in [2.45, 2.75) is 20.3 Å². The molecule has 1 aliphatic heterocycles. The molecule has 4 aromatic heterocycles. The molecule has 1 aliphatic rings. The van der Waals surface area contributed by atoms with Gasteiger partial charge in [-0.15, -0.1) is 0 Å². The monoisotopic (exact) mass is 378 g/mol. The number of hydrogen-bond acceptors (Lipinski definition) is 8. The summed E-state index contributed by atoms with van der Waals surface area (Å²) in [6, 6.07) is 0. The average Bonchev–Trinajstić information content (AvgIpc) is 3.22. The van der Waals surface area contributed by atoms with Gasteiger partial charge in [-0.05, 0) is 20.3 Å². The lowest BCUT2D eigenvalue weighted by atomic mass is 10.2. The maximum absolute atomic E-state index is 4.57. The van der Waals surface area contributed by atoms with Crippen LogP contribution >= 0.6 is 0 Å². The molecule has 144 valence electrons. The van der Waals surface area contributed by atoms with Crippen LogP contribution in [0, 0.1) is 13.8 Å². The summed E-state index contributed by atoms with van der Waals surface area (Å²) in [6.07, 6.45) is 5.97. The zero-order valence-electron chi connectivity index (χ0n) is 16.2. The number of imidazole rings is 1. The van der Waals surface area contributed by atoms with E-state index >= 15 is 0 Å². The quantitative estimate of drug-likeness (QED) is 0.513. The van der Waals surface area contributed by atoms with Gasteiger partial charge in [-0.1, -0.05) is 0 Å². The van der Waals surface area contributed by atoms with Crippen molar-refractivity contribution in [3.63, 3.8) is 0 Å². The van der Waals surface area contributed by atoms with E-state index in [1.807, 2.05) is 23.1 Å². The largest absolute Gasteiger partial charge is 0.354 e. The lowest BCUT2D eigenvalue weighted by Gasteiger charge is -2.26. The fourth-order valence-corrected chi connectivity index (χ4v) is 3.93. The molecule has 10 heteroatoms. The fourth-order valence-electron chi connectivity index (χ4n) is 3.93. The topological polar surface area (TPSA) is 93.2 Å². The van der Waals surface area contributed by atoms with Gasteiger partial charge in [0, 0.05) is 44.5 Å². The Balaban J connectivity index is 1.49. The molecule has 0 N–H and O–H groups in total. The van der Waals surface area contributed by atoms with Gasteiger partial charge in [-0.2, -0.15) is 14.6 Å². The molecule has 0 aromatic carbocycles. The summed E-state index contributed by atoms with van der Waals surface area (Å²) in [5.74, 6) is 2.67. The number of hydrogen-bond donors (Lipinski definition) is 0. The highest BCUT2D eigenvalue weighted by molar-refractivity contribution is 5.83. The van der Waals surface area contributed by atoms with E-state index in [0.717, 1.165) is 66.7 Å². The molecule has 5 heterocycles.